The molecule has 0 bridgehead atoms. The Bertz CT molecular complexity index is 1260. The largest absolute Gasteiger partial charge is 0.382 e. The van der Waals surface area contributed by atoms with E-state index >= 15 is 0 Å². The van der Waals surface area contributed by atoms with Crippen LogP contribution in [0, 0.1) is 0 Å². The van der Waals surface area contributed by atoms with Crippen molar-refractivity contribution < 1.29 is 10.2 Å². The number of aromatic nitrogens is 2. The number of aromatic amines is 2. The Kier molecular flexibility index (Phi) is 6.50. The summed E-state index contributed by atoms with van der Waals surface area (Å²) in [6, 6.07) is 35.3. The molecule has 2 heterocycles. The minimum Gasteiger partial charge on any atom is -0.382 e. The van der Waals surface area contributed by atoms with Gasteiger partial charge in [0.1, 0.15) is 12.2 Å². The second-order valence-electron chi connectivity index (χ2n) is 8.35. The summed E-state index contributed by atoms with van der Waals surface area (Å²) in [4.78, 5) is 6.90. The molecule has 2 aromatic heterocycles. The van der Waals surface area contributed by atoms with Crippen molar-refractivity contribution in [3.63, 3.8) is 0 Å². The maximum Gasteiger partial charge on any atom is 0.119 e. The van der Waals surface area contributed by atoms with Crippen molar-refractivity contribution in [2.24, 2.45) is 0 Å². The topological polar surface area (TPSA) is 72.0 Å². The number of benzene rings is 3. The molecular weight excluding hydrogens is 488 g/mol. The fraction of sp³-hybridized carbons (Fsp3) is 0.103. The highest BCUT2D eigenvalue weighted by molar-refractivity contribution is 9.10. The smallest absolute Gasteiger partial charge is 0.119 e. The van der Waals surface area contributed by atoms with Crippen molar-refractivity contribution in [2.45, 2.75) is 18.1 Å². The number of nitrogens with one attached hydrogen (secondary N) is 2. The monoisotopic (exact) mass is 512 g/mol. The molecular formula is C29H25BrN2O2. The third-order valence-corrected chi connectivity index (χ3v) is 6.64. The lowest BCUT2D eigenvalue weighted by Gasteiger charge is -2.17. The van der Waals surface area contributed by atoms with Gasteiger partial charge in [-0.2, -0.15) is 0 Å². The van der Waals surface area contributed by atoms with Crippen LogP contribution < -0.4 is 0 Å². The average molecular weight is 513 g/mol. The van der Waals surface area contributed by atoms with Crippen molar-refractivity contribution in [1.29, 1.82) is 0 Å². The first kappa shape index (κ1) is 22.4. The molecule has 2 atom stereocenters. The van der Waals surface area contributed by atoms with Gasteiger partial charge in [-0.05, 0) is 53.1 Å². The Hall–Kier alpha value is -3.38. The van der Waals surface area contributed by atoms with Crippen molar-refractivity contribution >= 4 is 15.9 Å². The molecule has 0 radical (unpaired) electrons. The van der Waals surface area contributed by atoms with Gasteiger partial charge in [0.25, 0.3) is 0 Å². The van der Waals surface area contributed by atoms with Crippen LogP contribution in [0.15, 0.2) is 114 Å². The Morgan fingerprint density at radius 1 is 0.471 bits per heavy atom. The van der Waals surface area contributed by atoms with Gasteiger partial charge < -0.3 is 20.2 Å². The SMILES string of the molecule is OC(c1ccccc1)c1ccc(C(c2ccc(Br)cc2)c2ccc(C(O)c3ccccc3)[nH]2)[nH]1. The van der Waals surface area contributed by atoms with E-state index in [1.54, 1.807) is 0 Å². The maximum absolute atomic E-state index is 10.9. The predicted molar refractivity (Wildman–Crippen MR) is 138 cm³/mol. The minimum atomic E-state index is -0.736. The molecule has 0 saturated heterocycles. The number of hydrogen-bond donors (Lipinski definition) is 4. The fourth-order valence-electron chi connectivity index (χ4n) is 4.33. The van der Waals surface area contributed by atoms with Crippen LogP contribution >= 0.6 is 15.9 Å². The Morgan fingerprint density at radius 3 is 1.32 bits per heavy atom. The summed E-state index contributed by atoms with van der Waals surface area (Å²) in [5, 5.41) is 21.8. The summed E-state index contributed by atoms with van der Waals surface area (Å²) in [5.74, 6) is -0.124. The van der Waals surface area contributed by atoms with Crippen molar-refractivity contribution in [3.8, 4) is 0 Å². The van der Waals surface area contributed by atoms with Crippen LogP contribution in [0.3, 0.4) is 0 Å². The van der Waals surface area contributed by atoms with Crippen LogP contribution in [0.2, 0.25) is 0 Å². The van der Waals surface area contributed by atoms with Crippen molar-refractivity contribution in [1.82, 2.24) is 9.97 Å². The molecule has 5 aromatic rings. The molecule has 0 aliphatic heterocycles. The number of H-pyrrole nitrogens is 2. The van der Waals surface area contributed by atoms with E-state index in [1.165, 1.54) is 0 Å². The van der Waals surface area contributed by atoms with E-state index < -0.39 is 12.2 Å². The van der Waals surface area contributed by atoms with E-state index in [-0.39, 0.29) is 5.92 Å². The molecule has 5 rings (SSSR count). The molecule has 34 heavy (non-hydrogen) atoms. The third kappa shape index (κ3) is 4.64. The normalized spacial score (nSPS) is 14.0. The fourth-order valence-corrected chi connectivity index (χ4v) is 4.59. The van der Waals surface area contributed by atoms with Gasteiger partial charge in [-0.25, -0.2) is 0 Å². The molecule has 4 N–H and O–H groups in total. The zero-order valence-corrected chi connectivity index (χ0v) is 20.0. The highest BCUT2D eigenvalue weighted by Gasteiger charge is 2.23. The lowest BCUT2D eigenvalue weighted by atomic mass is 9.93. The Morgan fingerprint density at radius 2 is 0.882 bits per heavy atom. The second-order valence-corrected chi connectivity index (χ2v) is 9.26. The summed E-state index contributed by atoms with van der Waals surface area (Å²) in [6.07, 6.45) is -1.47. The Labute approximate surface area is 207 Å². The summed E-state index contributed by atoms with van der Waals surface area (Å²) in [6.45, 7) is 0. The molecule has 0 fully saturated rings. The number of halogens is 1. The average Bonchev–Trinajstić information content (AvgIpc) is 3.57. The first-order valence-electron chi connectivity index (χ1n) is 11.2. The standard InChI is InChI=1S/C29H25BrN2O2/c30-22-13-11-19(12-14-22)27(23-15-17-25(31-23)28(33)20-7-3-1-4-8-20)24-16-18-26(32-24)29(34)21-9-5-2-6-10-21/h1-18,27-29,31-34H. The van der Waals surface area contributed by atoms with E-state index in [1.807, 2.05) is 97.1 Å². The van der Waals surface area contributed by atoms with Gasteiger partial charge in [0.05, 0.1) is 5.92 Å². The van der Waals surface area contributed by atoms with Crippen molar-refractivity contribution in [3.05, 3.63) is 153 Å². The molecule has 3 aromatic carbocycles. The first-order valence-corrected chi connectivity index (χ1v) is 12.0. The lowest BCUT2D eigenvalue weighted by molar-refractivity contribution is 0.216. The molecule has 0 saturated carbocycles. The van der Waals surface area contributed by atoms with Crippen LogP contribution in [0.1, 0.15) is 57.6 Å². The van der Waals surface area contributed by atoms with Crippen LogP contribution in [-0.2, 0) is 0 Å². The van der Waals surface area contributed by atoms with Crippen LogP contribution in [0.25, 0.3) is 0 Å². The quantitative estimate of drug-likeness (QED) is 0.202. The van der Waals surface area contributed by atoms with E-state index in [4.69, 9.17) is 0 Å². The number of aliphatic hydroxyl groups is 2. The van der Waals surface area contributed by atoms with E-state index in [0.717, 1.165) is 43.9 Å². The van der Waals surface area contributed by atoms with E-state index in [9.17, 15) is 10.2 Å². The van der Waals surface area contributed by atoms with Crippen LogP contribution in [0.4, 0.5) is 0 Å². The van der Waals surface area contributed by atoms with Gasteiger partial charge in [0, 0.05) is 27.2 Å². The van der Waals surface area contributed by atoms with Gasteiger partial charge in [0.2, 0.25) is 0 Å². The number of aliphatic hydroxyl groups excluding tert-OH is 2. The molecule has 2 unspecified atom stereocenters. The van der Waals surface area contributed by atoms with Crippen LogP contribution in [-0.4, -0.2) is 20.2 Å². The molecule has 5 heteroatoms. The highest BCUT2D eigenvalue weighted by atomic mass is 79.9. The molecule has 0 spiro atoms. The van der Waals surface area contributed by atoms with Gasteiger partial charge >= 0.3 is 0 Å². The summed E-state index contributed by atoms with van der Waals surface area (Å²) >= 11 is 3.52. The predicted octanol–water partition coefficient (Wildman–Crippen LogP) is 6.45. The first-order chi connectivity index (χ1) is 16.6. The summed E-state index contributed by atoms with van der Waals surface area (Å²) in [7, 11) is 0. The summed E-state index contributed by atoms with van der Waals surface area (Å²) < 4.78 is 1.01. The maximum atomic E-state index is 10.9. The molecule has 0 aliphatic carbocycles. The van der Waals surface area contributed by atoms with E-state index in [2.05, 4.69) is 38.0 Å². The van der Waals surface area contributed by atoms with E-state index in [0.29, 0.717) is 0 Å². The molecule has 0 aliphatic rings. The molecule has 4 nitrogen and oxygen atoms in total. The lowest BCUT2D eigenvalue weighted by Crippen LogP contribution is -2.07. The molecule has 170 valence electrons. The van der Waals surface area contributed by atoms with Crippen molar-refractivity contribution in [2.75, 3.05) is 0 Å². The van der Waals surface area contributed by atoms with Crippen LogP contribution in [0.5, 0.6) is 0 Å². The number of hydrogen-bond acceptors (Lipinski definition) is 2. The summed E-state index contributed by atoms with van der Waals surface area (Å²) in [5.41, 5.74) is 6.14. The van der Waals surface area contributed by atoms with Gasteiger partial charge in [-0.15, -0.1) is 0 Å². The molecule has 0 amide bonds. The van der Waals surface area contributed by atoms with Gasteiger partial charge in [0.15, 0.2) is 0 Å². The number of rotatable bonds is 7. The van der Waals surface area contributed by atoms with Gasteiger partial charge in [-0.3, -0.25) is 0 Å². The minimum absolute atomic E-state index is 0.124. The van der Waals surface area contributed by atoms with Gasteiger partial charge in [-0.1, -0.05) is 88.7 Å². The third-order valence-electron chi connectivity index (χ3n) is 6.11. The zero-order chi connectivity index (χ0) is 23.5. The second kappa shape index (κ2) is 9.85. The Balaban J connectivity index is 1.51. The zero-order valence-electron chi connectivity index (χ0n) is 18.4. The highest BCUT2D eigenvalue weighted by Crippen LogP contribution is 2.34.